The molecule has 4 heteroatoms. The molecule has 1 aliphatic rings. The molecule has 1 amide bonds. The van der Waals surface area contributed by atoms with Crippen LogP contribution in [0.2, 0.25) is 0 Å². The average molecular weight is 228 g/mol. The molecule has 94 valence electrons. The Bertz CT molecular complexity index is 221. The lowest BCUT2D eigenvalue weighted by Gasteiger charge is -2.29. The van der Waals surface area contributed by atoms with Gasteiger partial charge in [-0.15, -0.1) is 0 Å². The maximum atomic E-state index is 12.1. The SMILES string of the molecule is CCOCCN(C)C(=O)C1CCCC(N)C1. The van der Waals surface area contributed by atoms with Crippen LogP contribution >= 0.6 is 0 Å². The Labute approximate surface area is 98.1 Å². The van der Waals surface area contributed by atoms with E-state index in [4.69, 9.17) is 10.5 Å². The lowest BCUT2D eigenvalue weighted by Crippen LogP contribution is -2.40. The van der Waals surface area contributed by atoms with Gasteiger partial charge in [0, 0.05) is 32.2 Å². The van der Waals surface area contributed by atoms with Crippen LogP contribution in [0.5, 0.6) is 0 Å². The Morgan fingerprint density at radius 1 is 1.50 bits per heavy atom. The lowest BCUT2D eigenvalue weighted by atomic mass is 9.85. The highest BCUT2D eigenvalue weighted by Crippen LogP contribution is 2.24. The second-order valence-corrected chi connectivity index (χ2v) is 4.58. The molecule has 1 aliphatic carbocycles. The third-order valence-electron chi connectivity index (χ3n) is 3.22. The molecule has 0 radical (unpaired) electrons. The van der Waals surface area contributed by atoms with Crippen molar-refractivity contribution in [3.63, 3.8) is 0 Å². The Balaban J connectivity index is 2.31. The Morgan fingerprint density at radius 3 is 2.88 bits per heavy atom. The van der Waals surface area contributed by atoms with Gasteiger partial charge in [-0.3, -0.25) is 4.79 Å². The summed E-state index contributed by atoms with van der Waals surface area (Å²) >= 11 is 0. The molecule has 1 rings (SSSR count). The summed E-state index contributed by atoms with van der Waals surface area (Å²) in [5.74, 6) is 0.366. The van der Waals surface area contributed by atoms with Crippen molar-refractivity contribution < 1.29 is 9.53 Å². The fourth-order valence-corrected chi connectivity index (χ4v) is 2.22. The molecule has 0 aliphatic heterocycles. The van der Waals surface area contributed by atoms with Crippen LogP contribution in [0, 0.1) is 5.92 Å². The van der Waals surface area contributed by atoms with E-state index in [2.05, 4.69) is 0 Å². The van der Waals surface area contributed by atoms with Crippen molar-refractivity contribution in [1.29, 1.82) is 0 Å². The van der Waals surface area contributed by atoms with E-state index < -0.39 is 0 Å². The molecule has 0 aromatic carbocycles. The molecule has 0 spiro atoms. The van der Waals surface area contributed by atoms with E-state index in [9.17, 15) is 4.79 Å². The number of ether oxygens (including phenoxy) is 1. The van der Waals surface area contributed by atoms with Crippen molar-refractivity contribution in [2.75, 3.05) is 26.8 Å². The Morgan fingerprint density at radius 2 is 2.25 bits per heavy atom. The molecular formula is C12H24N2O2. The lowest BCUT2D eigenvalue weighted by molar-refractivity contribution is -0.136. The van der Waals surface area contributed by atoms with Gasteiger partial charge in [0.25, 0.3) is 0 Å². The second-order valence-electron chi connectivity index (χ2n) is 4.58. The Kier molecular flexibility index (Phi) is 5.77. The van der Waals surface area contributed by atoms with Crippen LogP contribution in [-0.4, -0.2) is 43.7 Å². The first-order valence-corrected chi connectivity index (χ1v) is 6.23. The van der Waals surface area contributed by atoms with Gasteiger partial charge in [0.2, 0.25) is 5.91 Å². The highest BCUT2D eigenvalue weighted by molar-refractivity contribution is 5.78. The van der Waals surface area contributed by atoms with E-state index >= 15 is 0 Å². The summed E-state index contributed by atoms with van der Waals surface area (Å²) in [6, 6.07) is 0.211. The highest BCUT2D eigenvalue weighted by atomic mass is 16.5. The minimum absolute atomic E-state index is 0.135. The number of hydrogen-bond acceptors (Lipinski definition) is 3. The number of carbonyl (C=O) groups excluding carboxylic acids is 1. The molecule has 0 saturated heterocycles. The fraction of sp³-hybridized carbons (Fsp3) is 0.917. The highest BCUT2D eigenvalue weighted by Gasteiger charge is 2.27. The van der Waals surface area contributed by atoms with Gasteiger partial charge in [-0.1, -0.05) is 6.42 Å². The van der Waals surface area contributed by atoms with Gasteiger partial charge < -0.3 is 15.4 Å². The topological polar surface area (TPSA) is 55.6 Å². The van der Waals surface area contributed by atoms with Crippen LogP contribution < -0.4 is 5.73 Å². The molecule has 2 N–H and O–H groups in total. The van der Waals surface area contributed by atoms with Gasteiger partial charge in [-0.2, -0.15) is 0 Å². The van der Waals surface area contributed by atoms with Crippen molar-refractivity contribution >= 4 is 5.91 Å². The van der Waals surface area contributed by atoms with E-state index in [0.717, 1.165) is 25.7 Å². The Hall–Kier alpha value is -0.610. The molecule has 4 nitrogen and oxygen atoms in total. The summed E-state index contributed by atoms with van der Waals surface area (Å²) in [5, 5.41) is 0. The van der Waals surface area contributed by atoms with Gasteiger partial charge in [-0.05, 0) is 26.2 Å². The second kappa shape index (κ2) is 6.86. The molecule has 0 aromatic rings. The van der Waals surface area contributed by atoms with Crippen LogP contribution in [0.1, 0.15) is 32.6 Å². The van der Waals surface area contributed by atoms with Crippen molar-refractivity contribution in [1.82, 2.24) is 4.90 Å². The molecule has 0 heterocycles. The molecule has 1 fully saturated rings. The van der Waals surface area contributed by atoms with Gasteiger partial charge in [0.05, 0.1) is 6.61 Å². The van der Waals surface area contributed by atoms with E-state index in [-0.39, 0.29) is 17.9 Å². The van der Waals surface area contributed by atoms with Gasteiger partial charge in [0.1, 0.15) is 0 Å². The maximum Gasteiger partial charge on any atom is 0.225 e. The minimum Gasteiger partial charge on any atom is -0.380 e. The maximum absolute atomic E-state index is 12.1. The summed E-state index contributed by atoms with van der Waals surface area (Å²) in [5.41, 5.74) is 5.89. The molecule has 2 unspecified atom stereocenters. The zero-order chi connectivity index (χ0) is 12.0. The van der Waals surface area contributed by atoms with Crippen molar-refractivity contribution in [2.45, 2.75) is 38.6 Å². The van der Waals surface area contributed by atoms with E-state index in [1.54, 1.807) is 4.90 Å². The van der Waals surface area contributed by atoms with Gasteiger partial charge in [-0.25, -0.2) is 0 Å². The molecule has 1 saturated carbocycles. The predicted molar refractivity (Wildman–Crippen MR) is 64.1 cm³/mol. The summed E-state index contributed by atoms with van der Waals surface area (Å²) < 4.78 is 5.24. The summed E-state index contributed by atoms with van der Waals surface area (Å²) in [4.78, 5) is 13.8. The van der Waals surface area contributed by atoms with E-state index in [1.165, 1.54) is 0 Å². The zero-order valence-electron chi connectivity index (χ0n) is 10.4. The number of likely N-dealkylation sites (N-methyl/N-ethyl adjacent to an activating group) is 1. The molecule has 0 bridgehead atoms. The number of nitrogens with two attached hydrogens (primary N) is 1. The summed E-state index contributed by atoms with van der Waals surface area (Å²) in [6.07, 6.45) is 3.98. The first kappa shape index (κ1) is 13.5. The summed E-state index contributed by atoms with van der Waals surface area (Å²) in [6.45, 7) is 3.97. The van der Waals surface area contributed by atoms with E-state index in [0.29, 0.717) is 19.8 Å². The molecule has 0 aromatic heterocycles. The number of amides is 1. The smallest absolute Gasteiger partial charge is 0.225 e. The zero-order valence-corrected chi connectivity index (χ0v) is 10.4. The first-order chi connectivity index (χ1) is 7.65. The third-order valence-corrected chi connectivity index (χ3v) is 3.22. The number of carbonyl (C=O) groups is 1. The minimum atomic E-state index is 0.135. The van der Waals surface area contributed by atoms with Crippen molar-refractivity contribution in [3.05, 3.63) is 0 Å². The van der Waals surface area contributed by atoms with Crippen LogP contribution in [0.3, 0.4) is 0 Å². The van der Waals surface area contributed by atoms with Crippen molar-refractivity contribution in [3.8, 4) is 0 Å². The normalized spacial score (nSPS) is 25.4. The molecule has 2 atom stereocenters. The number of rotatable bonds is 5. The van der Waals surface area contributed by atoms with Crippen LogP contribution in [0.15, 0.2) is 0 Å². The fourth-order valence-electron chi connectivity index (χ4n) is 2.22. The standard InChI is InChI=1S/C12H24N2O2/c1-3-16-8-7-14(2)12(15)10-5-4-6-11(13)9-10/h10-11H,3-9,13H2,1-2H3. The third kappa shape index (κ3) is 4.10. The first-order valence-electron chi connectivity index (χ1n) is 6.23. The van der Waals surface area contributed by atoms with Crippen LogP contribution in [-0.2, 0) is 9.53 Å². The van der Waals surface area contributed by atoms with E-state index in [1.807, 2.05) is 14.0 Å². The predicted octanol–water partition coefficient (Wildman–Crippen LogP) is 0.999. The van der Waals surface area contributed by atoms with Gasteiger partial charge in [0.15, 0.2) is 0 Å². The monoisotopic (exact) mass is 228 g/mol. The van der Waals surface area contributed by atoms with Crippen LogP contribution in [0.4, 0.5) is 0 Å². The quantitative estimate of drug-likeness (QED) is 0.714. The number of nitrogens with zero attached hydrogens (tertiary/aromatic N) is 1. The van der Waals surface area contributed by atoms with Crippen molar-refractivity contribution in [2.24, 2.45) is 11.7 Å². The molecule has 16 heavy (non-hydrogen) atoms. The van der Waals surface area contributed by atoms with Crippen LogP contribution in [0.25, 0.3) is 0 Å². The average Bonchev–Trinajstić information content (AvgIpc) is 2.28. The van der Waals surface area contributed by atoms with Gasteiger partial charge >= 0.3 is 0 Å². The largest absolute Gasteiger partial charge is 0.380 e. The number of hydrogen-bond donors (Lipinski definition) is 1. The molecular weight excluding hydrogens is 204 g/mol. The summed E-state index contributed by atoms with van der Waals surface area (Å²) in [7, 11) is 1.85.